The minimum atomic E-state index is 0.0494. The van der Waals surface area contributed by atoms with Crippen molar-refractivity contribution in [3.05, 3.63) is 0 Å². The molecule has 0 aromatic heterocycles. The minimum Gasteiger partial charge on any atom is -0.343 e. The predicted molar refractivity (Wildman–Crippen MR) is 86.0 cm³/mol. The van der Waals surface area contributed by atoms with E-state index in [4.69, 9.17) is 5.73 Å². The number of carbonyl (C=O) groups is 1. The molecule has 0 unspecified atom stereocenters. The Bertz CT molecular complexity index is 129. The van der Waals surface area contributed by atoms with E-state index >= 15 is 0 Å². The summed E-state index contributed by atoms with van der Waals surface area (Å²) in [6, 6.07) is 0. The molecule has 0 radical (unpaired) electrons. The van der Waals surface area contributed by atoms with Gasteiger partial charge < -0.3 is 21.7 Å². The number of hydrogen-bond donors (Lipinski definition) is 6. The summed E-state index contributed by atoms with van der Waals surface area (Å²) in [5.74, 6) is 1.49. The lowest BCUT2D eigenvalue weighted by atomic mass is 10.7. The molecular weight excluding hydrogens is 276 g/mol. The van der Waals surface area contributed by atoms with Crippen molar-refractivity contribution in [2.75, 3.05) is 44.0 Å². The predicted octanol–water partition coefficient (Wildman–Crippen LogP) is -0.0419. The Labute approximate surface area is 120 Å². The molecule has 106 valence electrons. The third-order valence-electron chi connectivity index (χ3n) is 0.991. The highest BCUT2D eigenvalue weighted by Gasteiger charge is 1.96. The summed E-state index contributed by atoms with van der Waals surface area (Å²) in [6.45, 7) is 3.09. The van der Waals surface area contributed by atoms with Crippen molar-refractivity contribution in [2.24, 2.45) is 5.73 Å². The summed E-state index contributed by atoms with van der Waals surface area (Å²) in [7, 11) is 3.59. The summed E-state index contributed by atoms with van der Waals surface area (Å²) >= 11 is 9.23. The third-order valence-corrected chi connectivity index (χ3v) is 2.19. The molecule has 0 aliphatic heterocycles. The molecule has 0 aliphatic rings. The summed E-state index contributed by atoms with van der Waals surface area (Å²) < 4.78 is 0. The number of amides is 1. The Morgan fingerprint density at radius 1 is 1.29 bits per heavy atom. The zero-order valence-electron chi connectivity index (χ0n) is 10.8. The van der Waals surface area contributed by atoms with E-state index in [1.54, 1.807) is 14.1 Å². The van der Waals surface area contributed by atoms with Crippen LogP contribution in [0.15, 0.2) is 0 Å². The van der Waals surface area contributed by atoms with Crippen molar-refractivity contribution >= 4 is 42.9 Å². The zero-order valence-corrected chi connectivity index (χ0v) is 13.4. The van der Waals surface area contributed by atoms with Gasteiger partial charge in [-0.25, -0.2) is 0 Å². The van der Waals surface area contributed by atoms with Crippen LogP contribution in [0.1, 0.15) is 6.92 Å². The summed E-state index contributed by atoms with van der Waals surface area (Å²) in [4.78, 5) is 10.8. The maximum atomic E-state index is 10.8. The van der Waals surface area contributed by atoms with Crippen LogP contribution in [0.25, 0.3) is 0 Å². The van der Waals surface area contributed by atoms with Gasteiger partial charge in [0.25, 0.3) is 0 Å². The van der Waals surface area contributed by atoms with E-state index in [0.717, 1.165) is 5.75 Å². The Balaban J connectivity index is -0.000000232. The monoisotopic (exact) mass is 302 g/mol. The lowest BCUT2D eigenvalue weighted by Crippen LogP contribution is -2.32. The topological polar surface area (TPSA) is 79.2 Å². The molecule has 0 saturated carbocycles. The number of thiol groups is 2. The van der Waals surface area contributed by atoms with Crippen LogP contribution in [-0.2, 0) is 4.79 Å². The molecule has 0 atom stereocenters. The first-order chi connectivity index (χ1) is 8.14. The van der Waals surface area contributed by atoms with Gasteiger partial charge in [-0.05, 0) is 19.8 Å². The van der Waals surface area contributed by atoms with Crippen LogP contribution in [0.4, 0.5) is 0 Å². The van der Waals surface area contributed by atoms with E-state index in [-0.39, 0.29) is 5.91 Å². The van der Waals surface area contributed by atoms with Gasteiger partial charge >= 0.3 is 0 Å². The van der Waals surface area contributed by atoms with E-state index in [1.807, 2.05) is 6.92 Å². The molecule has 0 fully saturated rings. The van der Waals surface area contributed by atoms with Gasteiger partial charge in [0.15, 0.2) is 0 Å². The molecule has 1 amide bonds. The van der Waals surface area contributed by atoms with Crippen LogP contribution in [0.2, 0.25) is 0 Å². The number of hydrogen-bond acceptors (Lipinski definition) is 7. The molecule has 0 spiro atoms. The number of carbonyl (C=O) groups excluding carboxylic acids is 1. The smallest absolute Gasteiger partial charge is 0.231 e. The molecule has 0 aliphatic carbocycles. The molecular formula is C9H26N4OS3. The van der Waals surface area contributed by atoms with Crippen molar-refractivity contribution < 1.29 is 4.79 Å². The highest BCUT2D eigenvalue weighted by molar-refractivity contribution is 8.09. The highest BCUT2D eigenvalue weighted by atomic mass is 32.2. The zero-order chi connectivity index (χ0) is 13.9. The normalized spacial score (nSPS) is 8.35. The van der Waals surface area contributed by atoms with Gasteiger partial charge in [0.05, 0.1) is 12.4 Å². The van der Waals surface area contributed by atoms with Gasteiger partial charge in [0, 0.05) is 11.8 Å². The van der Waals surface area contributed by atoms with Crippen LogP contribution >= 0.6 is 37.0 Å². The molecule has 0 aromatic rings. The second-order valence-electron chi connectivity index (χ2n) is 2.48. The molecule has 0 heterocycles. The first kappa shape index (κ1) is 22.6. The Hall–Kier alpha value is 0.400. The molecule has 8 heteroatoms. The first-order valence-corrected chi connectivity index (χ1v) is 7.61. The maximum absolute atomic E-state index is 10.8. The Morgan fingerprint density at radius 3 is 2.06 bits per heavy atom. The summed E-state index contributed by atoms with van der Waals surface area (Å²) in [6.07, 6.45) is 0. The van der Waals surface area contributed by atoms with Gasteiger partial charge in [-0.1, -0.05) is 6.92 Å². The molecule has 17 heavy (non-hydrogen) atoms. The van der Waals surface area contributed by atoms with Crippen molar-refractivity contribution in [3.63, 3.8) is 0 Å². The Kier molecular flexibility index (Phi) is 33.6. The van der Waals surface area contributed by atoms with Gasteiger partial charge in [-0.15, -0.1) is 11.8 Å². The summed E-state index contributed by atoms with van der Waals surface area (Å²) in [5.41, 5.74) is 4.92. The third kappa shape index (κ3) is 38.5. The second-order valence-corrected chi connectivity index (χ2v) is 4.84. The van der Waals surface area contributed by atoms with Crippen molar-refractivity contribution in [1.82, 2.24) is 16.0 Å². The molecule has 0 saturated heterocycles. The Morgan fingerprint density at radius 2 is 1.76 bits per heavy atom. The SMILES string of the molecule is CCS.CNCN.CNCNC(=O)CSCS. The number of thioether (sulfide) groups is 1. The van der Waals surface area contributed by atoms with Gasteiger partial charge in [-0.2, -0.15) is 25.3 Å². The van der Waals surface area contributed by atoms with E-state index in [0.29, 0.717) is 24.2 Å². The van der Waals surface area contributed by atoms with Gasteiger partial charge in [0.2, 0.25) is 5.91 Å². The van der Waals surface area contributed by atoms with Crippen LogP contribution in [-0.4, -0.2) is 49.9 Å². The van der Waals surface area contributed by atoms with Gasteiger partial charge in [-0.3, -0.25) is 4.79 Å². The summed E-state index contributed by atoms with van der Waals surface area (Å²) in [5, 5.41) is 8.87. The number of nitrogens with one attached hydrogen (secondary N) is 3. The molecule has 5 N–H and O–H groups in total. The number of nitrogens with two attached hydrogens (primary N) is 1. The molecule has 0 bridgehead atoms. The van der Waals surface area contributed by atoms with Crippen LogP contribution in [0.5, 0.6) is 0 Å². The highest BCUT2D eigenvalue weighted by Crippen LogP contribution is 1.99. The lowest BCUT2D eigenvalue weighted by Gasteiger charge is -2.01. The molecule has 0 rings (SSSR count). The fraction of sp³-hybridized carbons (Fsp3) is 0.889. The average Bonchev–Trinajstić information content (AvgIpc) is 2.35. The largest absolute Gasteiger partial charge is 0.343 e. The van der Waals surface area contributed by atoms with Crippen molar-refractivity contribution in [3.8, 4) is 0 Å². The first-order valence-electron chi connectivity index (χ1n) is 5.19. The standard InChI is InChI=1S/C5H12N2OS2.C2H8N2.C2H6S/c1-6-3-7-5(8)2-10-4-9;1-4-2-3;1-2-3/h6,9H,2-4H2,1H3,(H,7,8);4H,2-3H2,1H3;3H,2H2,1H3. The fourth-order valence-electron chi connectivity index (χ4n) is 0.376. The van der Waals surface area contributed by atoms with Crippen molar-refractivity contribution in [2.45, 2.75) is 6.92 Å². The average molecular weight is 303 g/mol. The lowest BCUT2D eigenvalue weighted by molar-refractivity contribution is -0.118. The second kappa shape index (κ2) is 25.3. The minimum absolute atomic E-state index is 0.0494. The van der Waals surface area contributed by atoms with Crippen molar-refractivity contribution in [1.29, 1.82) is 0 Å². The van der Waals surface area contributed by atoms with E-state index in [1.165, 1.54) is 11.8 Å². The van der Waals surface area contributed by atoms with Gasteiger partial charge in [0.1, 0.15) is 0 Å². The quantitative estimate of drug-likeness (QED) is 0.307. The van der Waals surface area contributed by atoms with E-state index in [9.17, 15) is 4.79 Å². The molecule has 5 nitrogen and oxygen atoms in total. The maximum Gasteiger partial charge on any atom is 0.231 e. The van der Waals surface area contributed by atoms with Crippen LogP contribution in [0.3, 0.4) is 0 Å². The fourth-order valence-corrected chi connectivity index (χ4v) is 1.03. The number of rotatable bonds is 6. The van der Waals surface area contributed by atoms with Crippen LogP contribution < -0.4 is 21.7 Å². The van der Waals surface area contributed by atoms with E-state index < -0.39 is 0 Å². The van der Waals surface area contributed by atoms with E-state index in [2.05, 4.69) is 41.2 Å². The molecule has 0 aromatic carbocycles. The van der Waals surface area contributed by atoms with Crippen LogP contribution in [0, 0.1) is 0 Å².